The number of aliphatic hydroxyl groups is 1. The smallest absolute Gasteiger partial charge is 0.0885 e. The Morgan fingerprint density at radius 2 is 1.96 bits per heavy atom. The number of rotatable bonds is 6. The molecule has 4 rings (SSSR count). The van der Waals surface area contributed by atoms with Crippen LogP contribution < -0.4 is 0 Å². The second-order valence-corrected chi connectivity index (χ2v) is 11.2. The number of nitrogens with zero attached hydrogens (tertiary/aromatic N) is 1. The first-order chi connectivity index (χ1) is 13.4. The van der Waals surface area contributed by atoms with Crippen LogP contribution in [0.1, 0.15) is 65.2 Å². The SMILES string of the molecule is CC(COCCN(C)C)[C@H]1CCC2C3CCC4CC(O)=CCC4C3CCC21C. The monoisotopic (exact) mass is 389 g/mol. The molecule has 0 aliphatic heterocycles. The van der Waals surface area contributed by atoms with Gasteiger partial charge in [-0.1, -0.05) is 13.8 Å². The maximum absolute atomic E-state index is 10.00. The van der Waals surface area contributed by atoms with Crippen LogP contribution in [0.15, 0.2) is 11.8 Å². The highest BCUT2D eigenvalue weighted by Crippen LogP contribution is 2.65. The molecular formula is C25H43NO2. The Kier molecular flexibility index (Phi) is 6.14. The van der Waals surface area contributed by atoms with Gasteiger partial charge in [0.1, 0.15) is 0 Å². The molecule has 3 heteroatoms. The van der Waals surface area contributed by atoms with Gasteiger partial charge in [-0.05, 0) is 112 Å². The van der Waals surface area contributed by atoms with Crippen LogP contribution in [0.3, 0.4) is 0 Å². The van der Waals surface area contributed by atoms with Gasteiger partial charge >= 0.3 is 0 Å². The fourth-order valence-corrected chi connectivity index (χ4v) is 8.09. The lowest BCUT2D eigenvalue weighted by Gasteiger charge is -2.56. The van der Waals surface area contributed by atoms with Gasteiger partial charge in [0.2, 0.25) is 0 Å². The Morgan fingerprint density at radius 1 is 1.14 bits per heavy atom. The molecule has 0 radical (unpaired) electrons. The second kappa shape index (κ2) is 8.30. The van der Waals surface area contributed by atoms with E-state index in [9.17, 15) is 5.11 Å². The second-order valence-electron chi connectivity index (χ2n) is 11.2. The maximum Gasteiger partial charge on any atom is 0.0885 e. The molecule has 0 spiro atoms. The molecule has 3 nitrogen and oxygen atoms in total. The zero-order chi connectivity index (χ0) is 19.9. The minimum Gasteiger partial charge on any atom is -0.513 e. The van der Waals surface area contributed by atoms with Crippen LogP contribution in [0.2, 0.25) is 0 Å². The van der Waals surface area contributed by atoms with Crippen molar-refractivity contribution in [3.8, 4) is 0 Å². The summed E-state index contributed by atoms with van der Waals surface area (Å²) < 4.78 is 6.06. The van der Waals surface area contributed by atoms with Crippen LogP contribution in [0.5, 0.6) is 0 Å². The van der Waals surface area contributed by atoms with Crippen LogP contribution in [0.25, 0.3) is 0 Å². The van der Waals surface area contributed by atoms with Gasteiger partial charge in [0.25, 0.3) is 0 Å². The summed E-state index contributed by atoms with van der Waals surface area (Å²) in [7, 11) is 4.23. The molecule has 3 saturated carbocycles. The molecule has 1 N–H and O–H groups in total. The zero-order valence-electron chi connectivity index (χ0n) is 18.7. The summed E-state index contributed by atoms with van der Waals surface area (Å²) in [5.74, 6) is 6.60. The molecular weight excluding hydrogens is 346 g/mol. The average Bonchev–Trinajstić information content (AvgIpc) is 3.01. The fraction of sp³-hybridized carbons (Fsp3) is 0.920. The predicted molar refractivity (Wildman–Crippen MR) is 115 cm³/mol. The topological polar surface area (TPSA) is 32.7 Å². The van der Waals surface area contributed by atoms with Crippen molar-refractivity contribution in [2.24, 2.45) is 46.8 Å². The van der Waals surface area contributed by atoms with Crippen molar-refractivity contribution in [3.63, 3.8) is 0 Å². The lowest BCUT2D eigenvalue weighted by Crippen LogP contribution is -2.48. The Morgan fingerprint density at radius 3 is 2.75 bits per heavy atom. The van der Waals surface area contributed by atoms with Crippen LogP contribution >= 0.6 is 0 Å². The Hall–Kier alpha value is -0.540. The predicted octanol–water partition coefficient (Wildman–Crippen LogP) is 5.52. The highest BCUT2D eigenvalue weighted by molar-refractivity contribution is 5.10. The molecule has 160 valence electrons. The van der Waals surface area contributed by atoms with E-state index in [0.717, 1.165) is 68.1 Å². The summed E-state index contributed by atoms with van der Waals surface area (Å²) in [6, 6.07) is 0. The van der Waals surface area contributed by atoms with Crippen LogP contribution in [0, 0.1) is 46.8 Å². The standard InChI is InChI=1S/C25H43NO2/c1-17(16-28-14-13-26(3)4)23-9-10-24-22-7-5-18-15-19(27)6-8-20(18)21(22)11-12-25(23,24)2/h6,17-18,20-24,27H,5,7-16H2,1-4H3/t17?,18?,20?,21?,22?,23-,24?,25?/m1/s1. The fourth-order valence-electron chi connectivity index (χ4n) is 8.09. The third-order valence-corrected chi connectivity index (χ3v) is 9.44. The number of likely N-dealkylation sites (N-methyl/N-ethyl adjacent to an activating group) is 1. The van der Waals surface area contributed by atoms with Crippen molar-refractivity contribution in [2.45, 2.75) is 65.2 Å². The van der Waals surface area contributed by atoms with Crippen molar-refractivity contribution in [1.82, 2.24) is 4.90 Å². The van der Waals surface area contributed by atoms with Gasteiger partial charge in [0.15, 0.2) is 0 Å². The van der Waals surface area contributed by atoms with Gasteiger partial charge < -0.3 is 14.7 Å². The average molecular weight is 390 g/mol. The highest BCUT2D eigenvalue weighted by Gasteiger charge is 2.57. The van der Waals surface area contributed by atoms with Gasteiger partial charge in [-0.15, -0.1) is 0 Å². The molecule has 0 heterocycles. The van der Waals surface area contributed by atoms with Crippen molar-refractivity contribution >= 4 is 0 Å². The van der Waals surface area contributed by atoms with E-state index < -0.39 is 0 Å². The van der Waals surface area contributed by atoms with Crippen LogP contribution in [-0.2, 0) is 4.74 Å². The van der Waals surface area contributed by atoms with Gasteiger partial charge in [0.05, 0.1) is 12.4 Å². The molecule has 0 saturated heterocycles. The van der Waals surface area contributed by atoms with Gasteiger partial charge in [-0.25, -0.2) is 0 Å². The molecule has 4 aliphatic rings. The zero-order valence-corrected chi connectivity index (χ0v) is 18.7. The van der Waals surface area contributed by atoms with E-state index in [2.05, 4.69) is 38.9 Å². The number of allylic oxidation sites excluding steroid dienone is 2. The summed E-state index contributed by atoms with van der Waals surface area (Å²) in [5, 5.41) is 10.00. The molecule has 0 amide bonds. The molecule has 3 fully saturated rings. The number of hydrogen-bond acceptors (Lipinski definition) is 3. The van der Waals surface area contributed by atoms with Crippen molar-refractivity contribution < 1.29 is 9.84 Å². The number of fused-ring (bicyclic) bond motifs is 5. The van der Waals surface area contributed by atoms with Gasteiger partial charge in [-0.3, -0.25) is 0 Å². The Labute approximate surface area is 172 Å². The number of hydrogen-bond donors (Lipinski definition) is 1. The molecule has 0 aromatic carbocycles. The highest BCUT2D eigenvalue weighted by atomic mass is 16.5. The lowest BCUT2D eigenvalue weighted by atomic mass is 9.49. The largest absolute Gasteiger partial charge is 0.513 e. The van der Waals surface area contributed by atoms with Gasteiger partial charge in [-0.2, -0.15) is 0 Å². The van der Waals surface area contributed by atoms with E-state index in [0.29, 0.717) is 17.1 Å². The third-order valence-electron chi connectivity index (χ3n) is 9.44. The van der Waals surface area contributed by atoms with E-state index in [-0.39, 0.29) is 0 Å². The first-order valence-corrected chi connectivity index (χ1v) is 12.0. The van der Waals surface area contributed by atoms with E-state index in [1.807, 2.05) is 0 Å². The summed E-state index contributed by atoms with van der Waals surface area (Å²) in [5.41, 5.74) is 0.533. The Bertz CT molecular complexity index is 573. The van der Waals surface area contributed by atoms with Crippen molar-refractivity contribution in [3.05, 3.63) is 11.8 Å². The number of aliphatic hydroxyl groups excluding tert-OH is 1. The number of ether oxygens (including phenoxy) is 1. The summed E-state index contributed by atoms with van der Waals surface area (Å²) in [6.45, 7) is 7.90. The quantitative estimate of drug-likeness (QED) is 0.607. The van der Waals surface area contributed by atoms with Crippen LogP contribution in [-0.4, -0.2) is 43.9 Å². The van der Waals surface area contributed by atoms with Gasteiger partial charge in [0, 0.05) is 19.6 Å². The molecule has 0 bridgehead atoms. The molecule has 4 aliphatic carbocycles. The molecule has 8 atom stereocenters. The van der Waals surface area contributed by atoms with Crippen molar-refractivity contribution in [2.75, 3.05) is 33.9 Å². The van der Waals surface area contributed by atoms with Crippen LogP contribution in [0.4, 0.5) is 0 Å². The lowest BCUT2D eigenvalue weighted by molar-refractivity contribution is -0.0677. The normalized spacial score (nSPS) is 43.8. The molecule has 0 aromatic rings. The summed E-state index contributed by atoms with van der Waals surface area (Å²) in [6.07, 6.45) is 12.7. The molecule has 7 unspecified atom stereocenters. The summed E-state index contributed by atoms with van der Waals surface area (Å²) >= 11 is 0. The first kappa shape index (κ1) is 20.7. The van der Waals surface area contributed by atoms with E-state index in [1.165, 1.54) is 38.5 Å². The van der Waals surface area contributed by atoms with E-state index in [1.54, 1.807) is 0 Å². The minimum atomic E-state index is 0.533. The minimum absolute atomic E-state index is 0.533. The van der Waals surface area contributed by atoms with E-state index in [4.69, 9.17) is 4.74 Å². The summed E-state index contributed by atoms with van der Waals surface area (Å²) in [4.78, 5) is 2.20. The third kappa shape index (κ3) is 3.78. The molecule has 0 aromatic heterocycles. The molecule has 28 heavy (non-hydrogen) atoms. The Balaban J connectivity index is 1.39. The van der Waals surface area contributed by atoms with Crippen molar-refractivity contribution in [1.29, 1.82) is 0 Å². The van der Waals surface area contributed by atoms with E-state index >= 15 is 0 Å². The maximum atomic E-state index is 10.00. The first-order valence-electron chi connectivity index (χ1n) is 12.0.